The van der Waals surface area contributed by atoms with Gasteiger partial charge in [-0.15, -0.1) is 0 Å². The number of aliphatic hydroxyl groups is 2. The third kappa shape index (κ3) is 1.95. The van der Waals surface area contributed by atoms with Crippen molar-refractivity contribution in [2.45, 2.75) is 58.2 Å². The van der Waals surface area contributed by atoms with Gasteiger partial charge in [-0.2, -0.15) is 0 Å². The number of carbonyl (C=O) groups excluding carboxylic acids is 2. The van der Waals surface area contributed by atoms with Crippen LogP contribution in [0.25, 0.3) is 0 Å². The van der Waals surface area contributed by atoms with Crippen LogP contribution in [0, 0.1) is 34.5 Å². The first-order valence-corrected chi connectivity index (χ1v) is 9.48. The summed E-state index contributed by atoms with van der Waals surface area (Å²) in [6.45, 7) is 6.08. The second kappa shape index (κ2) is 5.14. The van der Waals surface area contributed by atoms with E-state index < -0.39 is 17.1 Å². The van der Waals surface area contributed by atoms with Gasteiger partial charge in [-0.3, -0.25) is 4.79 Å². The van der Waals surface area contributed by atoms with Crippen LogP contribution in [0.5, 0.6) is 0 Å². The van der Waals surface area contributed by atoms with Crippen molar-refractivity contribution in [3.63, 3.8) is 0 Å². The maximum absolute atomic E-state index is 11.8. The molecule has 4 aliphatic carbocycles. The second-order valence-corrected chi connectivity index (χ2v) is 9.29. The number of aldehydes is 1. The summed E-state index contributed by atoms with van der Waals surface area (Å²) < 4.78 is 0. The molecule has 3 fully saturated rings. The van der Waals surface area contributed by atoms with E-state index in [0.29, 0.717) is 6.42 Å². The highest BCUT2D eigenvalue weighted by atomic mass is 16.3. The minimum Gasteiger partial charge on any atom is -0.393 e. The molecule has 0 saturated heterocycles. The number of hydrogen-bond donors (Lipinski definition) is 2. The fourth-order valence-corrected chi connectivity index (χ4v) is 6.94. The Labute approximate surface area is 149 Å². The van der Waals surface area contributed by atoms with E-state index in [-0.39, 0.29) is 34.9 Å². The van der Waals surface area contributed by atoms with Crippen molar-refractivity contribution in [2.75, 3.05) is 0 Å². The number of fused-ring (bicyclic) bond motifs is 5. The summed E-state index contributed by atoms with van der Waals surface area (Å²) in [5.74, 6) is 0.446. The molecule has 136 valence electrons. The average molecular weight is 344 g/mol. The Kier molecular flexibility index (Phi) is 3.53. The first-order valence-electron chi connectivity index (χ1n) is 9.48. The summed E-state index contributed by atoms with van der Waals surface area (Å²) >= 11 is 0. The van der Waals surface area contributed by atoms with Crippen molar-refractivity contribution in [3.8, 4) is 0 Å². The van der Waals surface area contributed by atoms with Crippen LogP contribution in [0.2, 0.25) is 0 Å². The largest absolute Gasteiger partial charge is 0.393 e. The van der Waals surface area contributed by atoms with Crippen LogP contribution in [-0.2, 0) is 9.59 Å². The van der Waals surface area contributed by atoms with Crippen LogP contribution in [0.4, 0.5) is 0 Å². The zero-order chi connectivity index (χ0) is 18.2. The van der Waals surface area contributed by atoms with Crippen LogP contribution in [0.1, 0.15) is 46.5 Å². The van der Waals surface area contributed by atoms with Crippen molar-refractivity contribution in [2.24, 2.45) is 34.5 Å². The molecular weight excluding hydrogens is 316 g/mol. The minimum absolute atomic E-state index is 0.0332. The lowest BCUT2D eigenvalue weighted by atomic mass is 9.46. The van der Waals surface area contributed by atoms with E-state index in [4.69, 9.17) is 0 Å². The number of rotatable bonds is 1. The number of ketones is 1. The van der Waals surface area contributed by atoms with Gasteiger partial charge in [0.15, 0.2) is 12.1 Å². The van der Waals surface area contributed by atoms with E-state index in [1.807, 2.05) is 19.9 Å². The average Bonchev–Trinajstić information content (AvgIpc) is 2.76. The standard InChI is InChI=1S/C21H28O4/c1-12-8-16-15-5-4-13-9-14(23)6-7-19(13,2)18(15)17(24)10-20(16,3)21(12,25)11-22/h6-7,9,11-12,15-18,24-25H,4-5,8,10H2,1-3H3/t12-,15?,16?,17+,18?,19?,20?,21-/m1/s1. The number of hydrogen-bond acceptors (Lipinski definition) is 4. The Morgan fingerprint density at radius 3 is 2.72 bits per heavy atom. The lowest BCUT2D eigenvalue weighted by Gasteiger charge is -2.59. The minimum atomic E-state index is -1.36. The molecule has 0 spiro atoms. The Bertz CT molecular complexity index is 694. The Morgan fingerprint density at radius 1 is 1.32 bits per heavy atom. The Hall–Kier alpha value is -1.26. The van der Waals surface area contributed by atoms with Crippen molar-refractivity contribution in [3.05, 3.63) is 23.8 Å². The van der Waals surface area contributed by atoms with Gasteiger partial charge in [0, 0.05) is 16.7 Å². The fraction of sp³-hybridized carbons (Fsp3) is 0.714. The van der Waals surface area contributed by atoms with E-state index in [1.165, 1.54) is 0 Å². The highest BCUT2D eigenvalue weighted by Gasteiger charge is 2.68. The monoisotopic (exact) mass is 344 g/mol. The van der Waals surface area contributed by atoms with Gasteiger partial charge in [0.2, 0.25) is 0 Å². The van der Waals surface area contributed by atoms with Crippen molar-refractivity contribution in [1.82, 2.24) is 0 Å². The molecule has 0 aromatic carbocycles. The molecule has 0 aliphatic heterocycles. The number of carbonyl (C=O) groups is 2. The molecule has 0 bridgehead atoms. The summed E-state index contributed by atoms with van der Waals surface area (Å²) in [5.41, 5.74) is -1.12. The predicted molar refractivity (Wildman–Crippen MR) is 93.6 cm³/mol. The fourth-order valence-electron chi connectivity index (χ4n) is 6.94. The van der Waals surface area contributed by atoms with Crippen LogP contribution in [0.15, 0.2) is 23.8 Å². The van der Waals surface area contributed by atoms with E-state index in [0.717, 1.165) is 31.1 Å². The summed E-state index contributed by atoms with van der Waals surface area (Å²) in [7, 11) is 0. The number of aliphatic hydroxyl groups excluding tert-OH is 1. The lowest BCUT2D eigenvalue weighted by molar-refractivity contribution is -0.172. The second-order valence-electron chi connectivity index (χ2n) is 9.29. The third-order valence-electron chi connectivity index (χ3n) is 8.34. The van der Waals surface area contributed by atoms with Gasteiger partial charge in [0.05, 0.1) is 6.10 Å². The molecule has 0 radical (unpaired) electrons. The van der Waals surface area contributed by atoms with Gasteiger partial charge < -0.3 is 15.0 Å². The third-order valence-corrected chi connectivity index (χ3v) is 8.34. The molecule has 2 N–H and O–H groups in total. The van der Waals surface area contributed by atoms with E-state index in [1.54, 1.807) is 12.2 Å². The molecule has 8 atom stereocenters. The highest BCUT2D eigenvalue weighted by Crippen LogP contribution is 2.67. The van der Waals surface area contributed by atoms with Gasteiger partial charge in [-0.1, -0.05) is 32.4 Å². The molecule has 0 aromatic rings. The van der Waals surface area contributed by atoms with Gasteiger partial charge in [-0.25, -0.2) is 0 Å². The molecular formula is C21H28O4. The van der Waals surface area contributed by atoms with Gasteiger partial charge in [-0.05, 0) is 55.6 Å². The molecule has 4 rings (SSSR count). The molecule has 0 amide bonds. The van der Waals surface area contributed by atoms with Crippen LogP contribution in [0.3, 0.4) is 0 Å². The van der Waals surface area contributed by atoms with Crippen molar-refractivity contribution < 1.29 is 19.8 Å². The molecule has 3 saturated carbocycles. The van der Waals surface area contributed by atoms with Crippen LogP contribution < -0.4 is 0 Å². The van der Waals surface area contributed by atoms with E-state index in [2.05, 4.69) is 6.92 Å². The predicted octanol–water partition coefficient (Wildman–Crippen LogP) is 2.44. The molecule has 4 heteroatoms. The molecule has 5 unspecified atom stereocenters. The first-order chi connectivity index (χ1) is 11.7. The maximum Gasteiger partial charge on any atom is 0.178 e. The normalized spacial score (nSPS) is 54.4. The van der Waals surface area contributed by atoms with Crippen LogP contribution >= 0.6 is 0 Å². The molecule has 0 aromatic heterocycles. The topological polar surface area (TPSA) is 74.6 Å². The molecule has 4 aliphatic rings. The Balaban J connectivity index is 1.78. The highest BCUT2D eigenvalue weighted by molar-refractivity contribution is 6.01. The zero-order valence-electron chi connectivity index (χ0n) is 15.2. The summed E-state index contributed by atoms with van der Waals surface area (Å²) in [4.78, 5) is 23.6. The Morgan fingerprint density at radius 2 is 2.04 bits per heavy atom. The van der Waals surface area contributed by atoms with Gasteiger partial charge in [0.25, 0.3) is 0 Å². The first kappa shape index (κ1) is 17.2. The lowest BCUT2D eigenvalue weighted by Crippen LogP contribution is -2.60. The quantitative estimate of drug-likeness (QED) is 0.717. The zero-order valence-corrected chi connectivity index (χ0v) is 15.2. The molecule has 0 heterocycles. The van der Waals surface area contributed by atoms with Crippen LogP contribution in [-0.4, -0.2) is 34.0 Å². The maximum atomic E-state index is 11.8. The van der Waals surface area contributed by atoms with Crippen molar-refractivity contribution >= 4 is 12.1 Å². The summed E-state index contributed by atoms with van der Waals surface area (Å²) in [6.07, 6.45) is 8.50. The van der Waals surface area contributed by atoms with E-state index >= 15 is 0 Å². The molecule has 4 nitrogen and oxygen atoms in total. The SMILES string of the molecule is C[C@@H]1CC2C3CCC4=CC(=O)C=CC4(C)C3[C@@H](O)CC2(C)[C@@]1(O)C=O. The van der Waals surface area contributed by atoms with Gasteiger partial charge >= 0.3 is 0 Å². The summed E-state index contributed by atoms with van der Waals surface area (Å²) in [5, 5.41) is 22.2. The molecule has 25 heavy (non-hydrogen) atoms. The van der Waals surface area contributed by atoms with E-state index in [9.17, 15) is 19.8 Å². The smallest absolute Gasteiger partial charge is 0.178 e. The van der Waals surface area contributed by atoms with Gasteiger partial charge in [0.1, 0.15) is 5.60 Å². The number of allylic oxidation sites excluding steroid dienone is 4. The summed E-state index contributed by atoms with van der Waals surface area (Å²) in [6, 6.07) is 0. The van der Waals surface area contributed by atoms with Crippen molar-refractivity contribution in [1.29, 1.82) is 0 Å².